The Labute approximate surface area is 163 Å². The summed E-state index contributed by atoms with van der Waals surface area (Å²) in [6, 6.07) is 0. The molecule has 0 fully saturated rings. The lowest BCUT2D eigenvalue weighted by Gasteiger charge is -2.16. The van der Waals surface area contributed by atoms with Crippen molar-refractivity contribution in [2.45, 2.75) is 37.1 Å². The predicted molar refractivity (Wildman–Crippen MR) is 93.9 cm³/mol. The van der Waals surface area contributed by atoms with E-state index in [-0.39, 0.29) is 65.9 Å². The van der Waals surface area contributed by atoms with Crippen LogP contribution in [0, 0.1) is 0 Å². The van der Waals surface area contributed by atoms with Gasteiger partial charge in [-0.1, -0.05) is 0 Å². The van der Waals surface area contributed by atoms with Gasteiger partial charge in [0.25, 0.3) is 0 Å². The molecule has 0 radical (unpaired) electrons. The first kappa shape index (κ1) is 32.2. The average molecular weight is 424 g/mol. The van der Waals surface area contributed by atoms with Crippen LogP contribution in [0.4, 0.5) is 0 Å². The zero-order valence-corrected chi connectivity index (χ0v) is 15.7. The highest BCUT2D eigenvalue weighted by Crippen LogP contribution is 1.98. The SMILES string of the molecule is OCC(O)CO.OCC(O)COCC(O)CO.OCCC(O)OC(CO)CO. The summed E-state index contributed by atoms with van der Waals surface area (Å²) in [4.78, 5) is 0. The lowest BCUT2D eigenvalue weighted by molar-refractivity contribution is -0.163. The van der Waals surface area contributed by atoms with Crippen molar-refractivity contribution in [3.8, 4) is 0 Å². The maximum absolute atomic E-state index is 8.88. The van der Waals surface area contributed by atoms with Gasteiger partial charge in [-0.25, -0.2) is 0 Å². The van der Waals surface area contributed by atoms with E-state index >= 15 is 0 Å². The minimum absolute atomic E-state index is 0.0342. The Balaban J connectivity index is -0.000000351. The Morgan fingerprint density at radius 2 is 0.929 bits per heavy atom. The lowest BCUT2D eigenvalue weighted by atomic mass is 10.4. The van der Waals surface area contributed by atoms with Gasteiger partial charge in [0.2, 0.25) is 0 Å². The van der Waals surface area contributed by atoms with Crippen molar-refractivity contribution in [1.82, 2.24) is 0 Å². The van der Waals surface area contributed by atoms with Crippen LogP contribution in [0.5, 0.6) is 0 Å². The topological polar surface area (TPSA) is 241 Å². The average Bonchev–Trinajstić information content (AvgIpc) is 2.71. The molecule has 0 rings (SSSR count). The van der Waals surface area contributed by atoms with Crippen molar-refractivity contribution in [1.29, 1.82) is 0 Å². The van der Waals surface area contributed by atoms with E-state index in [1.54, 1.807) is 0 Å². The molecule has 0 aromatic rings. The third-order valence-electron chi connectivity index (χ3n) is 2.60. The number of hydrogen-bond donors (Lipinski definition) is 11. The largest absolute Gasteiger partial charge is 0.396 e. The van der Waals surface area contributed by atoms with E-state index < -0.39 is 30.7 Å². The summed E-state index contributed by atoms with van der Waals surface area (Å²) in [5.41, 5.74) is 0. The molecule has 0 aliphatic carbocycles. The van der Waals surface area contributed by atoms with Crippen LogP contribution in [0.25, 0.3) is 0 Å². The van der Waals surface area contributed by atoms with Gasteiger partial charge in [0.05, 0.1) is 52.9 Å². The molecule has 0 heterocycles. The van der Waals surface area contributed by atoms with Crippen LogP contribution in [-0.2, 0) is 9.47 Å². The zero-order valence-electron chi connectivity index (χ0n) is 15.7. The quantitative estimate of drug-likeness (QED) is 0.117. The summed E-state index contributed by atoms with van der Waals surface area (Å²) >= 11 is 0. The molecule has 11 N–H and O–H groups in total. The first-order chi connectivity index (χ1) is 13.2. The molecule has 0 saturated carbocycles. The van der Waals surface area contributed by atoms with Gasteiger partial charge in [-0.05, 0) is 0 Å². The molecule has 0 aliphatic heterocycles. The van der Waals surface area contributed by atoms with E-state index in [1.165, 1.54) is 0 Å². The Bertz CT molecular complexity index is 267. The van der Waals surface area contributed by atoms with Crippen LogP contribution < -0.4 is 0 Å². The fourth-order valence-electron chi connectivity index (χ4n) is 1.05. The van der Waals surface area contributed by atoms with Crippen molar-refractivity contribution in [3.05, 3.63) is 0 Å². The third-order valence-corrected chi connectivity index (χ3v) is 2.60. The summed E-state index contributed by atoms with van der Waals surface area (Å²) < 4.78 is 9.40. The first-order valence-corrected chi connectivity index (χ1v) is 8.47. The second-order valence-corrected chi connectivity index (χ2v) is 5.32. The minimum atomic E-state index is -1.12. The molecule has 0 aliphatic rings. The van der Waals surface area contributed by atoms with Crippen LogP contribution in [-0.4, -0.2) is 146 Å². The summed E-state index contributed by atoms with van der Waals surface area (Å²) in [7, 11) is 0. The summed E-state index contributed by atoms with van der Waals surface area (Å²) in [5.74, 6) is 0. The molecule has 0 amide bonds. The first-order valence-electron chi connectivity index (χ1n) is 8.47. The molecule has 0 aromatic carbocycles. The maximum atomic E-state index is 8.88. The van der Waals surface area contributed by atoms with Gasteiger partial charge < -0.3 is 65.6 Å². The van der Waals surface area contributed by atoms with Gasteiger partial charge in [0, 0.05) is 13.0 Å². The second kappa shape index (κ2) is 24.5. The Kier molecular flexibility index (Phi) is 28.2. The molecular weight excluding hydrogens is 388 g/mol. The fraction of sp³-hybridized carbons (Fsp3) is 1.00. The molecule has 0 aromatic heterocycles. The van der Waals surface area contributed by atoms with E-state index in [9.17, 15) is 0 Å². The lowest BCUT2D eigenvalue weighted by Crippen LogP contribution is -2.28. The van der Waals surface area contributed by atoms with Gasteiger partial charge in [0.15, 0.2) is 6.29 Å². The molecule has 13 heteroatoms. The maximum Gasteiger partial charge on any atom is 0.157 e. The summed E-state index contributed by atoms with van der Waals surface area (Å²) in [5, 5.41) is 92.3. The molecule has 0 spiro atoms. The van der Waals surface area contributed by atoms with Crippen molar-refractivity contribution < 1.29 is 65.6 Å². The molecule has 174 valence electrons. The van der Waals surface area contributed by atoms with Gasteiger partial charge in [-0.15, -0.1) is 0 Å². The van der Waals surface area contributed by atoms with Crippen molar-refractivity contribution in [2.24, 2.45) is 0 Å². The Morgan fingerprint density at radius 1 is 0.536 bits per heavy atom. The number of aliphatic hydroxyl groups excluding tert-OH is 11. The van der Waals surface area contributed by atoms with Crippen LogP contribution in [0.3, 0.4) is 0 Å². The normalized spacial score (nSPS) is 14.0. The highest BCUT2D eigenvalue weighted by molar-refractivity contribution is 4.54. The van der Waals surface area contributed by atoms with Gasteiger partial charge in [-0.3, -0.25) is 0 Å². The molecule has 0 saturated heterocycles. The van der Waals surface area contributed by atoms with Gasteiger partial charge in [0.1, 0.15) is 24.4 Å². The highest BCUT2D eigenvalue weighted by atomic mass is 16.6. The van der Waals surface area contributed by atoms with Crippen LogP contribution >= 0.6 is 0 Å². The minimum Gasteiger partial charge on any atom is -0.396 e. The van der Waals surface area contributed by atoms with Gasteiger partial charge in [-0.2, -0.15) is 0 Å². The Hall–Kier alpha value is -0.520. The second-order valence-electron chi connectivity index (χ2n) is 5.32. The van der Waals surface area contributed by atoms with Crippen LogP contribution in [0.1, 0.15) is 6.42 Å². The van der Waals surface area contributed by atoms with Crippen LogP contribution in [0.15, 0.2) is 0 Å². The van der Waals surface area contributed by atoms with Gasteiger partial charge >= 0.3 is 0 Å². The standard InChI is InChI=1S/2C6H14O5.C3H8O3/c7-1-5(9)3-11-4-6(10)2-8;7-2-1-6(10)11-5(3-8)4-9;4-1-3(6)2-5/h2*5-10H,1-4H2;3-6H,1-2H2. The van der Waals surface area contributed by atoms with E-state index in [0.29, 0.717) is 0 Å². The van der Waals surface area contributed by atoms with E-state index in [4.69, 9.17) is 60.9 Å². The number of hydrogen-bond acceptors (Lipinski definition) is 13. The highest BCUT2D eigenvalue weighted by Gasteiger charge is 2.11. The zero-order chi connectivity index (χ0) is 22.4. The van der Waals surface area contributed by atoms with E-state index in [1.807, 2.05) is 0 Å². The smallest absolute Gasteiger partial charge is 0.157 e. The predicted octanol–water partition coefficient (Wildman–Crippen LogP) is -5.90. The van der Waals surface area contributed by atoms with E-state index in [0.717, 1.165) is 0 Å². The van der Waals surface area contributed by atoms with Crippen molar-refractivity contribution >= 4 is 0 Å². The molecule has 28 heavy (non-hydrogen) atoms. The summed E-state index contributed by atoms with van der Waals surface area (Å²) in [6.45, 7) is -2.42. The summed E-state index contributed by atoms with van der Waals surface area (Å²) in [6.07, 6.45) is -4.59. The molecular formula is C15H36O13. The number of ether oxygens (including phenoxy) is 2. The van der Waals surface area contributed by atoms with Crippen LogP contribution in [0.2, 0.25) is 0 Å². The molecule has 0 bridgehead atoms. The number of rotatable bonds is 14. The fourth-order valence-corrected chi connectivity index (χ4v) is 1.05. The molecule has 3 atom stereocenters. The van der Waals surface area contributed by atoms with Crippen molar-refractivity contribution in [2.75, 3.05) is 59.5 Å². The Morgan fingerprint density at radius 3 is 1.18 bits per heavy atom. The monoisotopic (exact) mass is 424 g/mol. The van der Waals surface area contributed by atoms with Crippen molar-refractivity contribution in [3.63, 3.8) is 0 Å². The molecule has 3 unspecified atom stereocenters. The third kappa shape index (κ3) is 25.5. The number of aliphatic hydroxyl groups is 11. The van der Waals surface area contributed by atoms with E-state index in [2.05, 4.69) is 4.74 Å². The molecule has 13 nitrogen and oxygen atoms in total.